The number of carbonyl (C=O) groups is 3. The van der Waals surface area contributed by atoms with Crippen LogP contribution < -0.4 is 5.32 Å². The van der Waals surface area contributed by atoms with Crippen molar-refractivity contribution in [2.75, 3.05) is 14.2 Å². The minimum absolute atomic E-state index is 0.186. The first-order valence-electron chi connectivity index (χ1n) is 6.61. The van der Waals surface area contributed by atoms with Gasteiger partial charge in [-0.2, -0.15) is 0 Å². The Morgan fingerprint density at radius 3 is 2.23 bits per heavy atom. The van der Waals surface area contributed by atoms with E-state index in [-0.39, 0.29) is 11.5 Å². The molecule has 1 aromatic rings. The molecule has 0 saturated heterocycles. The second kappa shape index (κ2) is 6.93. The number of alkyl carbamates (subject to hydrolysis) is 1. The molecule has 22 heavy (non-hydrogen) atoms. The summed E-state index contributed by atoms with van der Waals surface area (Å²) in [5.74, 6) is -1.29. The molecule has 120 valence electrons. The van der Waals surface area contributed by atoms with Crippen LogP contribution in [0.25, 0.3) is 0 Å². The van der Waals surface area contributed by atoms with E-state index in [1.54, 1.807) is 33.0 Å². The molecule has 2 amide bonds. The summed E-state index contributed by atoms with van der Waals surface area (Å²) >= 11 is 0. The number of hydrogen-bond acceptors (Lipinski definition) is 4. The first-order chi connectivity index (χ1) is 10.2. The molecule has 0 heterocycles. The Labute approximate surface area is 128 Å². The van der Waals surface area contributed by atoms with Crippen molar-refractivity contribution in [1.29, 1.82) is 0 Å². The number of rotatable bonds is 5. The van der Waals surface area contributed by atoms with Crippen LogP contribution in [0.4, 0.5) is 4.79 Å². The zero-order valence-corrected chi connectivity index (χ0v) is 13.0. The van der Waals surface area contributed by atoms with Gasteiger partial charge in [-0.25, -0.2) is 9.59 Å². The van der Waals surface area contributed by atoms with Crippen LogP contribution in [0.5, 0.6) is 0 Å². The lowest BCUT2D eigenvalue weighted by Crippen LogP contribution is -2.54. The number of methoxy groups -OCH3 is 1. The molecule has 0 bridgehead atoms. The molecule has 1 rings (SSSR count). The summed E-state index contributed by atoms with van der Waals surface area (Å²) in [5.41, 5.74) is -0.136. The number of aromatic carboxylic acids is 1. The molecule has 0 radical (unpaired) electrons. The maximum atomic E-state index is 12.4. The highest BCUT2D eigenvalue weighted by Gasteiger charge is 2.32. The molecular formula is C15H20N2O5. The first-order valence-corrected chi connectivity index (χ1v) is 6.61. The Hall–Kier alpha value is -2.57. The van der Waals surface area contributed by atoms with Gasteiger partial charge in [-0.1, -0.05) is 12.1 Å². The number of ether oxygens (including phenoxy) is 1. The van der Waals surface area contributed by atoms with Gasteiger partial charge in [-0.05, 0) is 31.5 Å². The molecule has 0 atom stereocenters. The lowest BCUT2D eigenvalue weighted by molar-refractivity contribution is -0.136. The Bertz CT molecular complexity index is 566. The van der Waals surface area contributed by atoms with Crippen LogP contribution in [0.2, 0.25) is 0 Å². The van der Waals surface area contributed by atoms with Gasteiger partial charge >= 0.3 is 12.1 Å². The van der Waals surface area contributed by atoms with Gasteiger partial charge in [0.15, 0.2) is 0 Å². The SMILES string of the molecule is COC(=O)NC(C)(C)C(=O)N(C)Cc1ccc(C(=O)O)cc1. The molecule has 7 nitrogen and oxygen atoms in total. The second-order valence-electron chi connectivity index (χ2n) is 5.40. The number of hydrogen-bond donors (Lipinski definition) is 2. The molecule has 7 heteroatoms. The van der Waals surface area contributed by atoms with E-state index in [4.69, 9.17) is 5.11 Å². The molecule has 0 aromatic heterocycles. The van der Waals surface area contributed by atoms with Gasteiger partial charge in [-0.15, -0.1) is 0 Å². The van der Waals surface area contributed by atoms with Gasteiger partial charge < -0.3 is 20.1 Å². The molecule has 0 fully saturated rings. The summed E-state index contributed by atoms with van der Waals surface area (Å²) in [5, 5.41) is 11.3. The fourth-order valence-corrected chi connectivity index (χ4v) is 1.94. The standard InChI is InChI=1S/C15H20N2O5/c1-15(2,16-14(21)22-4)13(20)17(3)9-10-5-7-11(8-6-10)12(18)19/h5-8H,9H2,1-4H3,(H,16,21)(H,18,19). The Morgan fingerprint density at radius 1 is 1.23 bits per heavy atom. The minimum atomic E-state index is -1.11. The highest BCUT2D eigenvalue weighted by Crippen LogP contribution is 2.12. The van der Waals surface area contributed by atoms with E-state index < -0.39 is 17.6 Å². The molecule has 0 saturated carbocycles. The highest BCUT2D eigenvalue weighted by molar-refractivity contribution is 5.89. The molecule has 0 spiro atoms. The van der Waals surface area contributed by atoms with Gasteiger partial charge in [0.25, 0.3) is 0 Å². The van der Waals surface area contributed by atoms with Crippen LogP contribution in [-0.2, 0) is 16.1 Å². The summed E-state index contributed by atoms with van der Waals surface area (Å²) in [6.45, 7) is 3.46. The molecule has 2 N–H and O–H groups in total. The van der Waals surface area contributed by atoms with Crippen LogP contribution in [-0.4, -0.2) is 47.7 Å². The number of carboxylic acids is 1. The van der Waals surface area contributed by atoms with Crippen LogP contribution in [0.3, 0.4) is 0 Å². The van der Waals surface area contributed by atoms with Crippen molar-refractivity contribution in [1.82, 2.24) is 10.2 Å². The van der Waals surface area contributed by atoms with Crippen molar-refractivity contribution < 1.29 is 24.2 Å². The van der Waals surface area contributed by atoms with Crippen molar-refractivity contribution >= 4 is 18.0 Å². The maximum Gasteiger partial charge on any atom is 0.407 e. The lowest BCUT2D eigenvalue weighted by Gasteiger charge is -2.29. The van der Waals surface area contributed by atoms with E-state index in [9.17, 15) is 14.4 Å². The Balaban J connectivity index is 2.74. The number of amides is 2. The summed E-state index contributed by atoms with van der Waals surface area (Å²) < 4.78 is 4.49. The highest BCUT2D eigenvalue weighted by atomic mass is 16.5. The molecule has 0 aliphatic heterocycles. The predicted molar refractivity (Wildman–Crippen MR) is 79.5 cm³/mol. The lowest BCUT2D eigenvalue weighted by atomic mass is 10.0. The van der Waals surface area contributed by atoms with Crippen LogP contribution in [0.1, 0.15) is 29.8 Å². The van der Waals surface area contributed by atoms with Gasteiger partial charge in [0.05, 0.1) is 12.7 Å². The summed E-state index contributed by atoms with van der Waals surface area (Å²) in [4.78, 5) is 35.9. The molecule has 1 aromatic carbocycles. The molecule has 0 aliphatic carbocycles. The van der Waals surface area contributed by atoms with E-state index >= 15 is 0 Å². The van der Waals surface area contributed by atoms with E-state index in [1.165, 1.54) is 24.1 Å². The van der Waals surface area contributed by atoms with Crippen molar-refractivity contribution in [2.45, 2.75) is 25.9 Å². The van der Waals surface area contributed by atoms with Gasteiger partial charge in [0.2, 0.25) is 5.91 Å². The van der Waals surface area contributed by atoms with E-state index in [0.29, 0.717) is 6.54 Å². The molecule has 0 aliphatic rings. The Kier molecular flexibility index (Phi) is 5.50. The van der Waals surface area contributed by atoms with E-state index in [0.717, 1.165) is 5.56 Å². The topological polar surface area (TPSA) is 95.9 Å². The van der Waals surface area contributed by atoms with Gasteiger partial charge in [0.1, 0.15) is 5.54 Å². The fourth-order valence-electron chi connectivity index (χ4n) is 1.94. The number of likely N-dealkylation sites (N-methyl/N-ethyl adjacent to an activating group) is 1. The largest absolute Gasteiger partial charge is 0.478 e. The van der Waals surface area contributed by atoms with Crippen LogP contribution in [0.15, 0.2) is 24.3 Å². The van der Waals surface area contributed by atoms with Crippen LogP contribution in [0, 0.1) is 0 Å². The van der Waals surface area contributed by atoms with Gasteiger partial charge in [-0.3, -0.25) is 4.79 Å². The minimum Gasteiger partial charge on any atom is -0.478 e. The zero-order chi connectivity index (χ0) is 16.9. The second-order valence-corrected chi connectivity index (χ2v) is 5.40. The third kappa shape index (κ3) is 4.47. The predicted octanol–water partition coefficient (Wildman–Crippen LogP) is 1.48. The summed E-state index contributed by atoms with van der Waals surface area (Å²) in [6.07, 6.45) is -0.683. The van der Waals surface area contributed by atoms with Crippen LogP contribution >= 0.6 is 0 Å². The van der Waals surface area contributed by atoms with E-state index in [1.807, 2.05) is 0 Å². The number of nitrogens with one attached hydrogen (secondary N) is 1. The normalized spacial score (nSPS) is 10.7. The first kappa shape index (κ1) is 17.5. The van der Waals surface area contributed by atoms with Gasteiger partial charge in [0, 0.05) is 13.6 Å². The number of carboxylic acid groups (broad SMARTS) is 1. The van der Waals surface area contributed by atoms with E-state index in [2.05, 4.69) is 10.1 Å². The third-order valence-corrected chi connectivity index (χ3v) is 3.10. The monoisotopic (exact) mass is 308 g/mol. The smallest absolute Gasteiger partial charge is 0.407 e. The number of benzene rings is 1. The zero-order valence-electron chi connectivity index (χ0n) is 13.0. The molecular weight excluding hydrogens is 288 g/mol. The van der Waals surface area contributed by atoms with Crippen molar-refractivity contribution in [3.8, 4) is 0 Å². The quantitative estimate of drug-likeness (QED) is 0.859. The average molecular weight is 308 g/mol. The molecule has 0 unspecified atom stereocenters. The van der Waals surface area contributed by atoms with Crippen molar-refractivity contribution in [2.24, 2.45) is 0 Å². The average Bonchev–Trinajstić information content (AvgIpc) is 2.46. The number of nitrogens with zero attached hydrogens (tertiary/aromatic N) is 1. The fraction of sp³-hybridized carbons (Fsp3) is 0.400. The summed E-state index contributed by atoms with van der Waals surface area (Å²) in [7, 11) is 2.83. The number of carbonyl (C=O) groups excluding carboxylic acids is 2. The Morgan fingerprint density at radius 2 is 1.77 bits per heavy atom. The maximum absolute atomic E-state index is 12.4. The van der Waals surface area contributed by atoms with Crippen molar-refractivity contribution in [3.05, 3.63) is 35.4 Å². The van der Waals surface area contributed by atoms with Crippen molar-refractivity contribution in [3.63, 3.8) is 0 Å². The summed E-state index contributed by atoms with van der Waals surface area (Å²) in [6, 6.07) is 6.25. The third-order valence-electron chi connectivity index (χ3n) is 3.10.